The second-order valence-corrected chi connectivity index (χ2v) is 11.7. The number of rotatable bonds is 8. The molecule has 39 heavy (non-hydrogen) atoms. The van der Waals surface area contributed by atoms with Gasteiger partial charge in [0.1, 0.15) is 17.2 Å². The minimum atomic E-state index is -0.828. The molecule has 3 amide bonds. The molecule has 0 heterocycles. The monoisotopic (exact) mass is 582 g/mol. The van der Waals surface area contributed by atoms with Crippen LogP contribution in [0.5, 0.6) is 0 Å². The second-order valence-electron chi connectivity index (χ2n) is 10.8. The smallest absolute Gasteiger partial charge is 0.408 e. The zero-order valence-corrected chi connectivity index (χ0v) is 24.9. The van der Waals surface area contributed by atoms with Crippen molar-refractivity contribution in [2.24, 2.45) is 11.5 Å². The number of amides is 3. The lowest BCUT2D eigenvalue weighted by Crippen LogP contribution is -2.47. The molecule has 0 saturated carbocycles. The van der Waals surface area contributed by atoms with Crippen LogP contribution in [0.2, 0.25) is 10.0 Å². The first-order chi connectivity index (χ1) is 18.0. The highest BCUT2D eigenvalue weighted by molar-refractivity contribution is 6.30. The fourth-order valence-electron chi connectivity index (χ4n) is 3.10. The Morgan fingerprint density at radius 3 is 1.49 bits per heavy atom. The lowest BCUT2D eigenvalue weighted by Gasteiger charge is -2.23. The number of ether oxygens (including phenoxy) is 2. The summed E-state index contributed by atoms with van der Waals surface area (Å²) in [4.78, 5) is 34.7. The molecule has 0 bridgehead atoms. The van der Waals surface area contributed by atoms with Gasteiger partial charge < -0.3 is 31.6 Å². The Bertz CT molecular complexity index is 1070. The predicted molar refractivity (Wildman–Crippen MR) is 155 cm³/mol. The van der Waals surface area contributed by atoms with Crippen LogP contribution in [-0.4, -0.2) is 47.9 Å². The molecule has 11 heteroatoms. The number of alkyl carbamates (subject to hydrolysis) is 2. The van der Waals surface area contributed by atoms with E-state index in [4.69, 9.17) is 44.1 Å². The van der Waals surface area contributed by atoms with E-state index in [9.17, 15) is 14.4 Å². The van der Waals surface area contributed by atoms with Gasteiger partial charge in [0.25, 0.3) is 0 Å². The van der Waals surface area contributed by atoms with Crippen molar-refractivity contribution in [1.82, 2.24) is 10.6 Å². The number of hydrogen-bond acceptors (Lipinski definition) is 6. The van der Waals surface area contributed by atoms with Crippen molar-refractivity contribution in [2.45, 2.75) is 77.7 Å². The second kappa shape index (κ2) is 15.5. The van der Waals surface area contributed by atoms with Gasteiger partial charge in [0.15, 0.2) is 0 Å². The van der Waals surface area contributed by atoms with E-state index >= 15 is 0 Å². The Hall–Kier alpha value is -3.01. The Morgan fingerprint density at radius 1 is 0.744 bits per heavy atom. The van der Waals surface area contributed by atoms with Crippen LogP contribution in [0.4, 0.5) is 9.59 Å². The molecule has 0 spiro atoms. The van der Waals surface area contributed by atoms with Crippen molar-refractivity contribution in [3.05, 3.63) is 69.7 Å². The molecule has 2 aromatic rings. The summed E-state index contributed by atoms with van der Waals surface area (Å²) in [7, 11) is 0. The molecule has 0 aromatic heterocycles. The zero-order valence-electron chi connectivity index (χ0n) is 23.3. The van der Waals surface area contributed by atoms with Gasteiger partial charge in [-0.05, 0) is 83.4 Å². The third-order valence-corrected chi connectivity index (χ3v) is 5.29. The topological polar surface area (TPSA) is 146 Å². The Kier molecular flexibility index (Phi) is 13.6. The fourth-order valence-corrected chi connectivity index (χ4v) is 3.35. The van der Waals surface area contributed by atoms with Crippen molar-refractivity contribution >= 4 is 41.3 Å². The number of halogens is 2. The summed E-state index contributed by atoms with van der Waals surface area (Å²) in [6.07, 6.45) is -0.189. The highest BCUT2D eigenvalue weighted by Gasteiger charge is 2.23. The van der Waals surface area contributed by atoms with Crippen LogP contribution in [-0.2, 0) is 27.1 Å². The van der Waals surface area contributed by atoms with Gasteiger partial charge in [-0.3, -0.25) is 4.79 Å². The van der Waals surface area contributed by atoms with Crippen molar-refractivity contribution in [1.29, 1.82) is 0 Å². The molecular formula is C28H40Cl2N4O5. The van der Waals surface area contributed by atoms with E-state index < -0.39 is 35.3 Å². The van der Waals surface area contributed by atoms with Crippen LogP contribution in [0.3, 0.4) is 0 Å². The van der Waals surface area contributed by atoms with Gasteiger partial charge in [0.05, 0.1) is 0 Å². The van der Waals surface area contributed by atoms with Gasteiger partial charge in [-0.2, -0.15) is 0 Å². The van der Waals surface area contributed by atoms with Crippen LogP contribution in [0.25, 0.3) is 0 Å². The molecule has 0 unspecified atom stereocenters. The predicted octanol–water partition coefficient (Wildman–Crippen LogP) is 5.00. The van der Waals surface area contributed by atoms with Crippen molar-refractivity contribution in [3.63, 3.8) is 0 Å². The van der Waals surface area contributed by atoms with Crippen LogP contribution in [0, 0.1) is 0 Å². The average molecular weight is 584 g/mol. The molecule has 2 atom stereocenters. The maximum absolute atomic E-state index is 11.7. The Morgan fingerprint density at radius 2 is 1.13 bits per heavy atom. The molecule has 216 valence electrons. The van der Waals surface area contributed by atoms with Crippen molar-refractivity contribution in [2.75, 3.05) is 6.54 Å². The summed E-state index contributed by atoms with van der Waals surface area (Å²) in [5.41, 5.74) is 11.7. The standard InChI is InChI=1S/C14H19ClN2O3.C14H21ClN2O2/c1-14(2,3)20-13(19)17-11(12(16)18)8-9-4-6-10(15)7-5-9;1-14(2,3)19-13(18)17-12(9-16)8-10-4-6-11(15)7-5-10/h4-7,11H,8H2,1-3H3,(H2,16,18)(H,17,19);4-7,12H,8-9,16H2,1-3H3,(H,17,18)/t11-;12-/m00/s1. The summed E-state index contributed by atoms with van der Waals surface area (Å²) in [6.45, 7) is 11.0. The summed E-state index contributed by atoms with van der Waals surface area (Å²) in [5, 5.41) is 6.52. The molecule has 2 aromatic carbocycles. The van der Waals surface area contributed by atoms with Crippen LogP contribution in [0.1, 0.15) is 52.7 Å². The van der Waals surface area contributed by atoms with E-state index in [2.05, 4.69) is 10.6 Å². The first-order valence-corrected chi connectivity index (χ1v) is 13.2. The van der Waals surface area contributed by atoms with Crippen molar-refractivity contribution < 1.29 is 23.9 Å². The number of nitrogens with one attached hydrogen (secondary N) is 2. The third kappa shape index (κ3) is 15.9. The lowest BCUT2D eigenvalue weighted by molar-refractivity contribution is -0.120. The van der Waals surface area contributed by atoms with Gasteiger partial charge in [0.2, 0.25) is 5.91 Å². The van der Waals surface area contributed by atoms with Crippen LogP contribution in [0.15, 0.2) is 48.5 Å². The molecule has 9 nitrogen and oxygen atoms in total. The maximum atomic E-state index is 11.7. The molecule has 0 aliphatic carbocycles. The number of benzene rings is 2. The van der Waals surface area contributed by atoms with Crippen LogP contribution < -0.4 is 22.1 Å². The normalized spacial score (nSPS) is 12.7. The molecule has 0 fully saturated rings. The van der Waals surface area contributed by atoms with E-state index in [0.717, 1.165) is 11.1 Å². The van der Waals surface area contributed by atoms with E-state index in [-0.39, 0.29) is 12.5 Å². The minimum absolute atomic E-state index is 0.156. The van der Waals surface area contributed by atoms with Gasteiger partial charge in [0, 0.05) is 29.1 Å². The lowest BCUT2D eigenvalue weighted by atomic mass is 10.1. The Labute approximate surface area is 240 Å². The molecule has 0 aliphatic rings. The highest BCUT2D eigenvalue weighted by Crippen LogP contribution is 2.13. The zero-order chi connectivity index (χ0) is 29.8. The summed E-state index contributed by atoms with van der Waals surface area (Å²) < 4.78 is 10.3. The van der Waals surface area contributed by atoms with E-state index in [1.165, 1.54) is 0 Å². The minimum Gasteiger partial charge on any atom is -0.444 e. The fraction of sp³-hybridized carbons (Fsp3) is 0.464. The molecule has 0 saturated heterocycles. The number of primary amides is 1. The summed E-state index contributed by atoms with van der Waals surface area (Å²) >= 11 is 11.6. The highest BCUT2D eigenvalue weighted by atomic mass is 35.5. The van der Waals surface area contributed by atoms with E-state index in [1.807, 2.05) is 45.0 Å². The third-order valence-electron chi connectivity index (χ3n) is 4.79. The maximum Gasteiger partial charge on any atom is 0.408 e. The van der Waals surface area contributed by atoms with Crippen LogP contribution >= 0.6 is 23.2 Å². The molecule has 0 aliphatic heterocycles. The van der Waals surface area contributed by atoms with Gasteiger partial charge in [-0.25, -0.2) is 9.59 Å². The first-order valence-electron chi connectivity index (χ1n) is 12.4. The first kappa shape index (κ1) is 34.0. The van der Waals surface area contributed by atoms with Gasteiger partial charge in [-0.1, -0.05) is 47.5 Å². The average Bonchev–Trinajstić information content (AvgIpc) is 2.79. The quantitative estimate of drug-likeness (QED) is 0.344. The number of carbonyl (C=O) groups excluding carboxylic acids is 3. The Balaban J connectivity index is 0.000000391. The van der Waals surface area contributed by atoms with E-state index in [1.54, 1.807) is 45.0 Å². The largest absolute Gasteiger partial charge is 0.444 e. The van der Waals surface area contributed by atoms with Gasteiger partial charge in [-0.15, -0.1) is 0 Å². The number of hydrogen-bond donors (Lipinski definition) is 4. The molecule has 0 radical (unpaired) electrons. The SMILES string of the molecule is CC(C)(C)OC(=O)N[C@@H](Cc1ccc(Cl)cc1)C(N)=O.CC(C)(C)OC(=O)N[C@H](CN)Cc1ccc(Cl)cc1. The van der Waals surface area contributed by atoms with E-state index in [0.29, 0.717) is 23.0 Å². The molecule has 6 N–H and O–H groups in total. The number of carbonyl (C=O) groups is 3. The van der Waals surface area contributed by atoms with Crippen molar-refractivity contribution in [3.8, 4) is 0 Å². The summed E-state index contributed by atoms with van der Waals surface area (Å²) in [5.74, 6) is -0.620. The molecule has 2 rings (SSSR count). The molecular weight excluding hydrogens is 543 g/mol. The van der Waals surface area contributed by atoms with Gasteiger partial charge >= 0.3 is 12.2 Å². The summed E-state index contributed by atoms with van der Waals surface area (Å²) in [6, 6.07) is 13.5. The number of nitrogens with two attached hydrogens (primary N) is 2.